The molecule has 0 amide bonds. The minimum Gasteiger partial charge on any atom is -0.337 e. The number of H-pyrrole nitrogens is 1. The van der Waals surface area contributed by atoms with Gasteiger partial charge in [0, 0.05) is 18.9 Å². The lowest BCUT2D eigenvalue weighted by Gasteiger charge is -2.06. The Morgan fingerprint density at radius 1 is 1.44 bits per heavy atom. The summed E-state index contributed by atoms with van der Waals surface area (Å²) in [5, 5.41) is 0. The summed E-state index contributed by atoms with van der Waals surface area (Å²) in [5.74, 6) is -0.181. The normalized spacial score (nSPS) is 10.6. The molecule has 0 spiro atoms. The molecule has 0 aliphatic rings. The van der Waals surface area contributed by atoms with Crippen LogP contribution in [0.25, 0.3) is 0 Å². The Kier molecular flexibility index (Phi) is 3.19. The summed E-state index contributed by atoms with van der Waals surface area (Å²) in [4.78, 5) is 2.95. The number of halogens is 1. The number of nitrogens with one attached hydrogen (secondary N) is 1. The van der Waals surface area contributed by atoms with Crippen LogP contribution in [0.1, 0.15) is 11.1 Å². The van der Waals surface area contributed by atoms with Gasteiger partial charge in [-0.25, -0.2) is 4.39 Å². The van der Waals surface area contributed by atoms with Crippen LogP contribution in [-0.4, -0.2) is 9.55 Å². The van der Waals surface area contributed by atoms with Gasteiger partial charge in [0.25, 0.3) is 0 Å². The van der Waals surface area contributed by atoms with Crippen LogP contribution in [0.2, 0.25) is 0 Å². The summed E-state index contributed by atoms with van der Waals surface area (Å²) in [6.45, 7) is 2.74. The minimum atomic E-state index is -0.181. The summed E-state index contributed by atoms with van der Waals surface area (Å²) < 4.78 is 15.6. The Morgan fingerprint density at radius 2 is 2.25 bits per heavy atom. The highest BCUT2D eigenvalue weighted by atomic mass is 32.1. The molecule has 0 radical (unpaired) electrons. The van der Waals surface area contributed by atoms with Gasteiger partial charge in [-0.3, -0.25) is 0 Å². The second kappa shape index (κ2) is 4.61. The zero-order chi connectivity index (χ0) is 11.5. The maximum Gasteiger partial charge on any atom is 0.177 e. The van der Waals surface area contributed by atoms with Crippen LogP contribution >= 0.6 is 12.2 Å². The molecule has 1 heterocycles. The molecule has 2 aromatic rings. The van der Waals surface area contributed by atoms with Gasteiger partial charge >= 0.3 is 0 Å². The lowest BCUT2D eigenvalue weighted by Crippen LogP contribution is -2.01. The van der Waals surface area contributed by atoms with Crippen LogP contribution in [0.15, 0.2) is 30.6 Å². The van der Waals surface area contributed by atoms with Gasteiger partial charge in [0.15, 0.2) is 4.77 Å². The van der Waals surface area contributed by atoms with E-state index in [9.17, 15) is 4.39 Å². The molecule has 2 rings (SSSR count). The van der Waals surface area contributed by atoms with E-state index in [-0.39, 0.29) is 5.82 Å². The molecule has 0 saturated carbocycles. The van der Waals surface area contributed by atoms with Crippen LogP contribution in [-0.2, 0) is 13.0 Å². The Hall–Kier alpha value is -1.42. The van der Waals surface area contributed by atoms with E-state index in [0.29, 0.717) is 0 Å². The summed E-state index contributed by atoms with van der Waals surface area (Å²) >= 11 is 5.10. The zero-order valence-electron chi connectivity index (χ0n) is 9.03. The fourth-order valence-electron chi connectivity index (χ4n) is 1.71. The van der Waals surface area contributed by atoms with Crippen LogP contribution in [0.4, 0.5) is 4.39 Å². The summed E-state index contributed by atoms with van der Waals surface area (Å²) in [6, 6.07) is 4.89. The second-order valence-corrected chi connectivity index (χ2v) is 4.17. The molecule has 2 nitrogen and oxygen atoms in total. The van der Waals surface area contributed by atoms with E-state index in [1.165, 1.54) is 6.07 Å². The molecule has 0 aliphatic carbocycles. The van der Waals surface area contributed by atoms with E-state index in [1.807, 2.05) is 30.0 Å². The molecule has 4 heteroatoms. The number of imidazole rings is 1. The van der Waals surface area contributed by atoms with E-state index in [1.54, 1.807) is 6.07 Å². The van der Waals surface area contributed by atoms with E-state index in [4.69, 9.17) is 12.2 Å². The molecule has 0 bridgehead atoms. The third kappa shape index (κ3) is 2.39. The van der Waals surface area contributed by atoms with E-state index < -0.39 is 0 Å². The van der Waals surface area contributed by atoms with Crippen molar-refractivity contribution >= 4 is 12.2 Å². The van der Waals surface area contributed by atoms with Crippen LogP contribution in [0.3, 0.4) is 0 Å². The van der Waals surface area contributed by atoms with Crippen molar-refractivity contribution < 1.29 is 4.39 Å². The molecule has 0 atom stereocenters. The van der Waals surface area contributed by atoms with E-state index in [0.717, 1.165) is 28.9 Å². The van der Waals surface area contributed by atoms with Crippen molar-refractivity contribution in [2.75, 3.05) is 0 Å². The first-order valence-electron chi connectivity index (χ1n) is 5.15. The summed E-state index contributed by atoms with van der Waals surface area (Å²) in [7, 11) is 0. The molecule has 84 valence electrons. The Labute approximate surface area is 98.7 Å². The number of hydrogen-bond acceptors (Lipinski definition) is 1. The highest BCUT2D eigenvalue weighted by Gasteiger charge is 2.01. The predicted molar refractivity (Wildman–Crippen MR) is 64.5 cm³/mol. The fraction of sp³-hybridized carbons (Fsp3) is 0.250. The highest BCUT2D eigenvalue weighted by molar-refractivity contribution is 7.71. The first-order chi connectivity index (χ1) is 7.66. The van der Waals surface area contributed by atoms with Crippen LogP contribution < -0.4 is 0 Å². The van der Waals surface area contributed by atoms with Gasteiger partial charge < -0.3 is 9.55 Å². The molecular formula is C12H13FN2S. The van der Waals surface area contributed by atoms with E-state index >= 15 is 0 Å². The van der Waals surface area contributed by atoms with Crippen LogP contribution in [0, 0.1) is 17.5 Å². The number of aromatic amines is 1. The average Bonchev–Trinajstić information content (AvgIpc) is 2.63. The lowest BCUT2D eigenvalue weighted by molar-refractivity contribution is 0.623. The minimum absolute atomic E-state index is 0.181. The van der Waals surface area contributed by atoms with Crippen LogP contribution in [0.5, 0.6) is 0 Å². The number of benzene rings is 1. The zero-order valence-corrected chi connectivity index (χ0v) is 9.85. The van der Waals surface area contributed by atoms with Crippen molar-refractivity contribution in [1.29, 1.82) is 0 Å². The molecule has 0 saturated heterocycles. The van der Waals surface area contributed by atoms with Crippen molar-refractivity contribution in [1.82, 2.24) is 9.55 Å². The number of aryl methyl sites for hydroxylation is 3. The number of aromatic nitrogens is 2. The quantitative estimate of drug-likeness (QED) is 0.811. The highest BCUT2D eigenvalue weighted by Crippen LogP contribution is 2.11. The topological polar surface area (TPSA) is 20.7 Å². The second-order valence-electron chi connectivity index (χ2n) is 3.78. The summed E-state index contributed by atoms with van der Waals surface area (Å²) in [6.07, 6.45) is 4.60. The van der Waals surface area contributed by atoms with Crippen molar-refractivity contribution in [3.63, 3.8) is 0 Å². The Bertz CT molecular complexity index is 542. The lowest BCUT2D eigenvalue weighted by atomic mass is 10.1. The van der Waals surface area contributed by atoms with Gasteiger partial charge in [-0.1, -0.05) is 6.07 Å². The first kappa shape index (κ1) is 11.1. The Morgan fingerprint density at radius 3 is 2.88 bits per heavy atom. The van der Waals surface area contributed by atoms with Gasteiger partial charge in [0.1, 0.15) is 5.82 Å². The van der Waals surface area contributed by atoms with Gasteiger partial charge in [-0.05, 0) is 48.8 Å². The molecule has 1 aromatic heterocycles. The standard InChI is InChI=1S/C12H13FN2S/c1-9-8-11(13)3-2-10(9)4-6-15-7-5-14-12(15)16/h2-3,5,7-8H,4,6H2,1H3,(H,14,16). The largest absolute Gasteiger partial charge is 0.337 e. The maximum atomic E-state index is 12.9. The fourth-order valence-corrected chi connectivity index (χ4v) is 1.93. The first-order valence-corrected chi connectivity index (χ1v) is 5.56. The predicted octanol–water partition coefficient (Wildman–Crippen LogP) is 3.24. The molecule has 16 heavy (non-hydrogen) atoms. The molecule has 0 aliphatic heterocycles. The number of hydrogen-bond donors (Lipinski definition) is 1. The van der Waals surface area contributed by atoms with Gasteiger partial charge in [-0.2, -0.15) is 0 Å². The van der Waals surface area contributed by atoms with Crippen molar-refractivity contribution in [2.24, 2.45) is 0 Å². The molecule has 1 aromatic carbocycles. The molecule has 0 unspecified atom stereocenters. The van der Waals surface area contributed by atoms with Gasteiger partial charge in [0.2, 0.25) is 0 Å². The van der Waals surface area contributed by atoms with Gasteiger partial charge in [-0.15, -0.1) is 0 Å². The van der Waals surface area contributed by atoms with Gasteiger partial charge in [0.05, 0.1) is 0 Å². The van der Waals surface area contributed by atoms with Crippen molar-refractivity contribution in [3.05, 3.63) is 52.3 Å². The summed E-state index contributed by atoms with van der Waals surface area (Å²) in [5.41, 5.74) is 2.14. The SMILES string of the molecule is Cc1cc(F)ccc1CCn1cc[nH]c1=S. The smallest absolute Gasteiger partial charge is 0.177 e. The molecule has 1 N–H and O–H groups in total. The Balaban J connectivity index is 2.11. The van der Waals surface area contributed by atoms with E-state index in [2.05, 4.69) is 4.98 Å². The number of rotatable bonds is 3. The molecule has 0 fully saturated rings. The van der Waals surface area contributed by atoms with Crippen molar-refractivity contribution in [2.45, 2.75) is 19.9 Å². The maximum absolute atomic E-state index is 12.9. The molecular weight excluding hydrogens is 223 g/mol. The monoisotopic (exact) mass is 236 g/mol. The number of nitrogens with zero attached hydrogens (tertiary/aromatic N) is 1. The third-order valence-electron chi connectivity index (χ3n) is 2.65. The third-order valence-corrected chi connectivity index (χ3v) is 3.00. The van der Waals surface area contributed by atoms with Crippen molar-refractivity contribution in [3.8, 4) is 0 Å². The average molecular weight is 236 g/mol.